The van der Waals surface area contributed by atoms with E-state index in [0.29, 0.717) is 52.3 Å². The number of amides is 3. The first-order valence-electron chi connectivity index (χ1n) is 17.1. The van der Waals surface area contributed by atoms with Crippen molar-refractivity contribution < 1.29 is 38.1 Å². The zero-order valence-corrected chi connectivity index (χ0v) is 30.4. The molecule has 6 rings (SSSR count). The maximum atomic E-state index is 14.2. The standard InChI is InChI=1S/C39H43N5O8/c1-8-25-20-44(36(45)29-18-26-17-27(49-6)13-14-28(26)41-29)30-19-31(35-34(33(25)30)32(23(3)40-35)37(46)50-7)52-39(48)43(5)16-15-42(4)38(47)51-21-24-11-9-22(2)10-12-24/h9-14,17-19,25,40-41H,8,15-16,20-21H2,1-7H3/t25-/m1/s1. The van der Waals surface area contributed by atoms with Gasteiger partial charge in [0.2, 0.25) is 0 Å². The number of H-pyrrole nitrogens is 2. The highest BCUT2D eigenvalue weighted by Gasteiger charge is 2.38. The number of rotatable bonds is 10. The molecule has 0 spiro atoms. The average molecular weight is 710 g/mol. The Bertz CT molecular complexity index is 2170. The first-order chi connectivity index (χ1) is 24.9. The Hall–Kier alpha value is -5.98. The number of ether oxygens (including phenoxy) is 4. The molecule has 5 aromatic rings. The van der Waals surface area contributed by atoms with E-state index in [1.165, 1.54) is 16.9 Å². The van der Waals surface area contributed by atoms with Crippen LogP contribution in [0.2, 0.25) is 0 Å². The zero-order chi connectivity index (χ0) is 37.3. The van der Waals surface area contributed by atoms with Crippen molar-refractivity contribution in [1.82, 2.24) is 19.8 Å². The molecular formula is C39H43N5O8. The molecule has 13 heteroatoms. The number of aryl methyl sites for hydroxylation is 2. The van der Waals surface area contributed by atoms with Crippen molar-refractivity contribution in [2.75, 3.05) is 52.8 Å². The Labute approximate surface area is 301 Å². The van der Waals surface area contributed by atoms with Gasteiger partial charge in [0.25, 0.3) is 5.91 Å². The second kappa shape index (κ2) is 14.7. The largest absolute Gasteiger partial charge is 0.497 e. The fraction of sp³-hybridized carbons (Fsp3) is 0.333. The Morgan fingerprint density at radius 1 is 0.904 bits per heavy atom. The van der Waals surface area contributed by atoms with Crippen molar-refractivity contribution in [2.24, 2.45) is 0 Å². The van der Waals surface area contributed by atoms with E-state index in [1.807, 2.05) is 56.3 Å². The molecule has 0 saturated heterocycles. The van der Waals surface area contributed by atoms with Crippen molar-refractivity contribution >= 4 is 51.6 Å². The monoisotopic (exact) mass is 709 g/mol. The molecule has 52 heavy (non-hydrogen) atoms. The van der Waals surface area contributed by atoms with Crippen LogP contribution in [0.25, 0.3) is 21.8 Å². The van der Waals surface area contributed by atoms with E-state index in [2.05, 4.69) is 9.97 Å². The third kappa shape index (κ3) is 6.85. The number of hydrogen-bond donors (Lipinski definition) is 2. The fourth-order valence-corrected chi connectivity index (χ4v) is 6.58. The van der Waals surface area contributed by atoms with Crippen molar-refractivity contribution in [1.29, 1.82) is 0 Å². The van der Waals surface area contributed by atoms with Crippen LogP contribution < -0.4 is 14.4 Å². The van der Waals surface area contributed by atoms with Gasteiger partial charge in [0.15, 0.2) is 5.75 Å². The minimum Gasteiger partial charge on any atom is -0.497 e. The number of anilines is 1. The minimum absolute atomic E-state index is 0.113. The zero-order valence-electron chi connectivity index (χ0n) is 30.4. The highest BCUT2D eigenvalue weighted by Crippen LogP contribution is 2.48. The molecule has 0 unspecified atom stereocenters. The normalized spacial score (nSPS) is 13.6. The number of aromatic amines is 2. The van der Waals surface area contributed by atoms with Gasteiger partial charge in [-0.1, -0.05) is 36.8 Å². The number of carbonyl (C=O) groups excluding carboxylic acids is 4. The van der Waals surface area contributed by atoms with Gasteiger partial charge in [-0.3, -0.25) is 4.79 Å². The van der Waals surface area contributed by atoms with E-state index in [4.69, 9.17) is 18.9 Å². The number of nitrogens with one attached hydrogen (secondary N) is 2. The molecular weight excluding hydrogens is 666 g/mol. The van der Waals surface area contributed by atoms with Gasteiger partial charge >= 0.3 is 18.2 Å². The van der Waals surface area contributed by atoms with Gasteiger partial charge in [0, 0.05) is 67.7 Å². The Morgan fingerprint density at radius 2 is 1.62 bits per heavy atom. The third-order valence-corrected chi connectivity index (χ3v) is 9.61. The summed E-state index contributed by atoms with van der Waals surface area (Å²) in [7, 11) is 6.05. The Balaban J connectivity index is 1.27. The highest BCUT2D eigenvalue weighted by molar-refractivity contribution is 6.15. The van der Waals surface area contributed by atoms with Gasteiger partial charge in [0.05, 0.1) is 31.0 Å². The molecule has 2 aromatic heterocycles. The van der Waals surface area contributed by atoms with Crippen LogP contribution in [-0.4, -0.2) is 91.8 Å². The van der Waals surface area contributed by atoms with Gasteiger partial charge in [-0.2, -0.15) is 0 Å². The summed E-state index contributed by atoms with van der Waals surface area (Å²) < 4.78 is 22.0. The third-order valence-electron chi connectivity index (χ3n) is 9.61. The van der Waals surface area contributed by atoms with Gasteiger partial charge < -0.3 is 43.6 Å². The summed E-state index contributed by atoms with van der Waals surface area (Å²) in [5, 5.41) is 1.37. The highest BCUT2D eigenvalue weighted by atomic mass is 16.6. The average Bonchev–Trinajstić information content (AvgIpc) is 3.85. The molecule has 1 atom stereocenters. The van der Waals surface area contributed by atoms with E-state index in [9.17, 15) is 19.2 Å². The van der Waals surface area contributed by atoms with Gasteiger partial charge in [-0.15, -0.1) is 0 Å². The van der Waals surface area contributed by atoms with E-state index < -0.39 is 18.2 Å². The number of nitrogens with zero attached hydrogens (tertiary/aromatic N) is 3. The maximum absolute atomic E-state index is 14.2. The van der Waals surface area contributed by atoms with Crippen LogP contribution in [0.1, 0.15) is 62.5 Å². The quantitative estimate of drug-likeness (QED) is 0.149. The second-order valence-corrected chi connectivity index (χ2v) is 13.1. The van der Waals surface area contributed by atoms with E-state index >= 15 is 0 Å². The smallest absolute Gasteiger partial charge is 0.415 e. The molecule has 1 aliphatic heterocycles. The molecule has 3 heterocycles. The molecule has 3 amide bonds. The van der Waals surface area contributed by atoms with Crippen LogP contribution in [0.4, 0.5) is 15.3 Å². The van der Waals surface area contributed by atoms with Crippen molar-refractivity contribution in [3.63, 3.8) is 0 Å². The molecule has 0 fully saturated rings. The van der Waals surface area contributed by atoms with E-state index in [1.54, 1.807) is 45.2 Å². The summed E-state index contributed by atoms with van der Waals surface area (Å²) in [6.45, 7) is 6.58. The molecule has 0 saturated carbocycles. The van der Waals surface area contributed by atoms with E-state index in [-0.39, 0.29) is 37.3 Å². The molecule has 0 aliphatic carbocycles. The number of esters is 1. The molecule has 3 aromatic carbocycles. The van der Waals surface area contributed by atoms with Crippen molar-refractivity contribution in [3.8, 4) is 11.5 Å². The molecule has 0 radical (unpaired) electrons. The summed E-state index contributed by atoms with van der Waals surface area (Å²) >= 11 is 0. The van der Waals surface area contributed by atoms with Crippen molar-refractivity contribution in [3.05, 3.63) is 88.2 Å². The topological polar surface area (TPSA) is 146 Å². The molecule has 272 valence electrons. The minimum atomic E-state index is -0.693. The van der Waals surface area contributed by atoms with Crippen LogP contribution in [0.5, 0.6) is 11.5 Å². The summed E-state index contributed by atoms with van der Waals surface area (Å²) in [5.74, 6) is -0.119. The fourth-order valence-electron chi connectivity index (χ4n) is 6.58. The van der Waals surface area contributed by atoms with Gasteiger partial charge in [-0.05, 0) is 55.7 Å². The van der Waals surface area contributed by atoms with Crippen LogP contribution >= 0.6 is 0 Å². The van der Waals surface area contributed by atoms with Crippen LogP contribution in [0.15, 0.2) is 54.6 Å². The lowest BCUT2D eigenvalue weighted by Gasteiger charge is -2.22. The number of benzene rings is 3. The van der Waals surface area contributed by atoms with E-state index in [0.717, 1.165) is 27.6 Å². The predicted molar refractivity (Wildman–Crippen MR) is 197 cm³/mol. The Morgan fingerprint density at radius 3 is 2.29 bits per heavy atom. The summed E-state index contributed by atoms with van der Waals surface area (Å²) in [5.41, 5.74) is 5.77. The van der Waals surface area contributed by atoms with Gasteiger partial charge in [0.1, 0.15) is 18.1 Å². The van der Waals surface area contributed by atoms with Crippen LogP contribution in [0.3, 0.4) is 0 Å². The first kappa shape index (κ1) is 35.8. The SMILES string of the molecule is CC[C@@H]1CN(C(=O)c2cc3cc(OC)ccc3[nH]2)c2cc(OC(=O)N(C)CCN(C)C(=O)OCc3ccc(C)cc3)c3[nH]c(C)c(C(=O)OC)c3c21. The predicted octanol–water partition coefficient (Wildman–Crippen LogP) is 6.91. The molecule has 2 N–H and O–H groups in total. The number of fused-ring (bicyclic) bond motifs is 4. The number of carbonyl (C=O) groups is 4. The van der Waals surface area contributed by atoms with Crippen LogP contribution in [-0.2, 0) is 16.1 Å². The summed E-state index contributed by atoms with van der Waals surface area (Å²) in [6.07, 6.45) is -0.532. The van der Waals surface area contributed by atoms with Crippen molar-refractivity contribution in [2.45, 2.75) is 39.7 Å². The summed E-state index contributed by atoms with van der Waals surface area (Å²) in [4.78, 5) is 64.4. The Kier molecular flexibility index (Phi) is 10.1. The second-order valence-electron chi connectivity index (χ2n) is 13.1. The maximum Gasteiger partial charge on any atom is 0.415 e. The number of aromatic nitrogens is 2. The van der Waals surface area contributed by atoms with Gasteiger partial charge in [-0.25, -0.2) is 14.4 Å². The first-order valence-corrected chi connectivity index (χ1v) is 17.1. The van der Waals surface area contributed by atoms with Crippen LogP contribution in [0, 0.1) is 13.8 Å². The molecule has 13 nitrogen and oxygen atoms in total. The molecule has 1 aliphatic rings. The lowest BCUT2D eigenvalue weighted by Crippen LogP contribution is -2.38. The number of hydrogen-bond acceptors (Lipinski definition) is 8. The molecule has 0 bridgehead atoms. The lowest BCUT2D eigenvalue weighted by atomic mass is 9.93. The number of methoxy groups -OCH3 is 2. The lowest BCUT2D eigenvalue weighted by molar-refractivity contribution is 0.0602. The number of likely N-dealkylation sites (N-methyl/N-ethyl adjacent to an activating group) is 2. The summed E-state index contributed by atoms with van der Waals surface area (Å²) in [6, 6.07) is 16.7.